The van der Waals surface area contributed by atoms with Gasteiger partial charge in [-0.1, -0.05) is 39.8 Å². The third kappa shape index (κ3) is 4.39. The Morgan fingerprint density at radius 1 is 1.18 bits per heavy atom. The zero-order valence-electron chi connectivity index (χ0n) is 11.8. The molecule has 1 aromatic rings. The lowest BCUT2D eigenvalue weighted by Crippen LogP contribution is -2.36. The smallest absolute Gasteiger partial charge is 0.0314 e. The van der Waals surface area contributed by atoms with Crippen LogP contribution in [0.2, 0.25) is 0 Å². The van der Waals surface area contributed by atoms with Crippen molar-refractivity contribution in [1.29, 1.82) is 0 Å². The number of hydrogen-bond donors (Lipinski definition) is 1. The van der Waals surface area contributed by atoms with E-state index in [1.807, 2.05) is 12.1 Å². The molecule has 0 heterocycles. The maximum absolute atomic E-state index is 5.73. The van der Waals surface area contributed by atoms with Gasteiger partial charge in [-0.15, -0.1) is 0 Å². The van der Waals surface area contributed by atoms with Gasteiger partial charge in [0.05, 0.1) is 0 Å². The molecule has 0 radical (unpaired) electrons. The summed E-state index contributed by atoms with van der Waals surface area (Å²) < 4.78 is 0. The Hall–Kier alpha value is -1.02. The first-order valence-electron chi connectivity index (χ1n) is 6.36. The minimum Gasteiger partial charge on any atom is -0.399 e. The van der Waals surface area contributed by atoms with Crippen molar-refractivity contribution < 1.29 is 0 Å². The van der Waals surface area contributed by atoms with E-state index >= 15 is 0 Å². The lowest BCUT2D eigenvalue weighted by atomic mass is 9.84. The SMILES string of the molecule is CC(C)CN(C)CC(C)(C)c1ccc(N)cc1. The molecule has 0 aliphatic heterocycles. The monoisotopic (exact) mass is 234 g/mol. The van der Waals surface area contributed by atoms with Crippen molar-refractivity contribution in [3.8, 4) is 0 Å². The zero-order valence-corrected chi connectivity index (χ0v) is 11.8. The maximum Gasteiger partial charge on any atom is 0.0314 e. The van der Waals surface area contributed by atoms with Crippen molar-refractivity contribution in [3.63, 3.8) is 0 Å². The number of rotatable bonds is 5. The van der Waals surface area contributed by atoms with Crippen LogP contribution in [0.25, 0.3) is 0 Å². The Bertz CT molecular complexity index is 338. The standard InChI is InChI=1S/C15H26N2/c1-12(2)10-17(5)11-15(3,4)13-6-8-14(16)9-7-13/h6-9,12H,10-11,16H2,1-5H3. The Labute approximate surface area is 106 Å². The first-order valence-corrected chi connectivity index (χ1v) is 6.36. The van der Waals surface area contributed by atoms with Crippen molar-refractivity contribution in [2.75, 3.05) is 25.9 Å². The molecule has 17 heavy (non-hydrogen) atoms. The quantitative estimate of drug-likeness (QED) is 0.793. The minimum absolute atomic E-state index is 0.164. The van der Waals surface area contributed by atoms with E-state index in [9.17, 15) is 0 Å². The predicted molar refractivity (Wildman–Crippen MR) is 76.2 cm³/mol. The van der Waals surface area contributed by atoms with Crippen molar-refractivity contribution in [2.24, 2.45) is 5.92 Å². The molecule has 0 atom stereocenters. The van der Waals surface area contributed by atoms with Gasteiger partial charge in [0.25, 0.3) is 0 Å². The van der Waals surface area contributed by atoms with E-state index in [2.05, 4.69) is 51.8 Å². The number of benzene rings is 1. The van der Waals surface area contributed by atoms with E-state index < -0.39 is 0 Å². The largest absolute Gasteiger partial charge is 0.399 e. The zero-order chi connectivity index (χ0) is 13.1. The minimum atomic E-state index is 0.164. The summed E-state index contributed by atoms with van der Waals surface area (Å²) in [4.78, 5) is 2.40. The summed E-state index contributed by atoms with van der Waals surface area (Å²) in [5.41, 5.74) is 8.07. The average Bonchev–Trinajstić information content (AvgIpc) is 2.15. The molecule has 2 N–H and O–H groups in total. The topological polar surface area (TPSA) is 29.3 Å². The highest BCUT2D eigenvalue weighted by Gasteiger charge is 2.22. The number of likely N-dealkylation sites (N-methyl/N-ethyl adjacent to an activating group) is 1. The Morgan fingerprint density at radius 2 is 1.71 bits per heavy atom. The third-order valence-electron chi connectivity index (χ3n) is 3.03. The van der Waals surface area contributed by atoms with Gasteiger partial charge in [-0.3, -0.25) is 0 Å². The molecule has 96 valence electrons. The fraction of sp³-hybridized carbons (Fsp3) is 0.600. The van der Waals surface area contributed by atoms with Gasteiger partial charge < -0.3 is 10.6 Å². The third-order valence-corrected chi connectivity index (χ3v) is 3.03. The molecule has 0 amide bonds. The lowest BCUT2D eigenvalue weighted by Gasteiger charge is -2.31. The summed E-state index contributed by atoms with van der Waals surface area (Å²) in [6.45, 7) is 11.3. The summed E-state index contributed by atoms with van der Waals surface area (Å²) >= 11 is 0. The van der Waals surface area contributed by atoms with E-state index in [1.165, 1.54) is 5.56 Å². The fourth-order valence-corrected chi connectivity index (χ4v) is 2.39. The molecular weight excluding hydrogens is 208 g/mol. The van der Waals surface area contributed by atoms with Gasteiger partial charge >= 0.3 is 0 Å². The second-order valence-corrected chi connectivity index (χ2v) is 6.10. The molecule has 0 aliphatic carbocycles. The highest BCUT2D eigenvalue weighted by atomic mass is 15.1. The molecule has 0 unspecified atom stereocenters. The summed E-state index contributed by atoms with van der Waals surface area (Å²) in [6.07, 6.45) is 0. The van der Waals surface area contributed by atoms with Gasteiger partial charge in [0.2, 0.25) is 0 Å². The van der Waals surface area contributed by atoms with Gasteiger partial charge in [0.1, 0.15) is 0 Å². The molecule has 0 fully saturated rings. The van der Waals surface area contributed by atoms with Gasteiger partial charge in [-0.2, -0.15) is 0 Å². The van der Waals surface area contributed by atoms with Crippen LogP contribution in [0, 0.1) is 5.92 Å². The lowest BCUT2D eigenvalue weighted by molar-refractivity contribution is 0.243. The molecule has 0 bridgehead atoms. The molecule has 0 saturated heterocycles. The maximum atomic E-state index is 5.73. The first kappa shape index (κ1) is 14.0. The molecule has 1 aromatic carbocycles. The second-order valence-electron chi connectivity index (χ2n) is 6.10. The number of nitrogens with two attached hydrogens (primary N) is 1. The summed E-state index contributed by atoms with van der Waals surface area (Å²) in [5.74, 6) is 0.710. The highest BCUT2D eigenvalue weighted by molar-refractivity contribution is 5.41. The van der Waals surface area contributed by atoms with Crippen LogP contribution in [0.3, 0.4) is 0 Å². The first-order chi connectivity index (χ1) is 7.81. The molecule has 2 heteroatoms. The van der Waals surface area contributed by atoms with Crippen molar-refractivity contribution in [3.05, 3.63) is 29.8 Å². The van der Waals surface area contributed by atoms with Crippen LogP contribution in [-0.2, 0) is 5.41 Å². The van der Waals surface area contributed by atoms with Crippen LogP contribution in [0.5, 0.6) is 0 Å². The second kappa shape index (κ2) is 5.54. The van der Waals surface area contributed by atoms with Crippen molar-refractivity contribution in [1.82, 2.24) is 4.90 Å². The Morgan fingerprint density at radius 3 is 2.18 bits per heavy atom. The molecule has 0 aromatic heterocycles. The summed E-state index contributed by atoms with van der Waals surface area (Å²) in [5, 5.41) is 0. The van der Waals surface area contributed by atoms with Gasteiger partial charge in [0.15, 0.2) is 0 Å². The number of anilines is 1. The van der Waals surface area contributed by atoms with Crippen LogP contribution in [0.1, 0.15) is 33.3 Å². The number of hydrogen-bond acceptors (Lipinski definition) is 2. The normalized spacial score (nSPS) is 12.4. The van der Waals surface area contributed by atoms with Crippen LogP contribution < -0.4 is 5.73 Å². The van der Waals surface area contributed by atoms with Crippen molar-refractivity contribution in [2.45, 2.75) is 33.1 Å². The van der Waals surface area contributed by atoms with Gasteiger partial charge in [0, 0.05) is 24.2 Å². The Kier molecular flexibility index (Phi) is 4.58. The van der Waals surface area contributed by atoms with E-state index in [4.69, 9.17) is 5.73 Å². The van der Waals surface area contributed by atoms with Crippen LogP contribution >= 0.6 is 0 Å². The van der Waals surface area contributed by atoms with E-state index in [0.717, 1.165) is 18.8 Å². The number of nitrogen functional groups attached to an aromatic ring is 1. The highest BCUT2D eigenvalue weighted by Crippen LogP contribution is 2.25. The molecular formula is C15H26N2. The summed E-state index contributed by atoms with van der Waals surface area (Å²) in [7, 11) is 2.19. The molecule has 0 saturated carbocycles. The molecule has 2 nitrogen and oxygen atoms in total. The van der Waals surface area contributed by atoms with Crippen LogP contribution in [-0.4, -0.2) is 25.0 Å². The molecule has 0 aliphatic rings. The van der Waals surface area contributed by atoms with Gasteiger partial charge in [-0.05, 0) is 30.7 Å². The predicted octanol–water partition coefficient (Wildman–Crippen LogP) is 3.13. The van der Waals surface area contributed by atoms with Gasteiger partial charge in [-0.25, -0.2) is 0 Å². The molecule has 0 spiro atoms. The average molecular weight is 234 g/mol. The molecule has 1 rings (SSSR count). The summed E-state index contributed by atoms with van der Waals surface area (Å²) in [6, 6.07) is 8.25. The van der Waals surface area contributed by atoms with E-state index in [1.54, 1.807) is 0 Å². The number of nitrogens with zero attached hydrogens (tertiary/aromatic N) is 1. The van der Waals surface area contributed by atoms with E-state index in [-0.39, 0.29) is 5.41 Å². The van der Waals surface area contributed by atoms with E-state index in [0.29, 0.717) is 5.92 Å². The van der Waals surface area contributed by atoms with Crippen LogP contribution in [0.15, 0.2) is 24.3 Å². The Balaban J connectivity index is 2.70. The van der Waals surface area contributed by atoms with Crippen LogP contribution in [0.4, 0.5) is 5.69 Å². The van der Waals surface area contributed by atoms with Crippen molar-refractivity contribution >= 4 is 5.69 Å². The fourth-order valence-electron chi connectivity index (χ4n) is 2.39.